The predicted octanol–water partition coefficient (Wildman–Crippen LogP) is 4.15. The average molecular weight is 389 g/mol. The average Bonchev–Trinajstić information content (AvgIpc) is 3.14. The highest BCUT2D eigenvalue weighted by Crippen LogP contribution is 2.23. The van der Waals surface area contributed by atoms with E-state index in [1.165, 1.54) is 5.56 Å². The number of methoxy groups -OCH3 is 1. The van der Waals surface area contributed by atoms with Crippen molar-refractivity contribution in [1.29, 1.82) is 0 Å². The third kappa shape index (κ3) is 6.16. The molecule has 150 valence electrons. The quantitative estimate of drug-likeness (QED) is 0.559. The van der Waals surface area contributed by atoms with Crippen molar-refractivity contribution in [3.05, 3.63) is 84.1 Å². The number of rotatable bonds is 9. The molecule has 0 aliphatic heterocycles. The lowest BCUT2D eigenvalue weighted by Gasteiger charge is -2.11. The van der Waals surface area contributed by atoms with E-state index >= 15 is 0 Å². The van der Waals surface area contributed by atoms with E-state index in [1.807, 2.05) is 72.4 Å². The van der Waals surface area contributed by atoms with Crippen molar-refractivity contribution in [1.82, 2.24) is 15.1 Å². The molecule has 0 spiro atoms. The first-order valence-corrected chi connectivity index (χ1v) is 9.80. The van der Waals surface area contributed by atoms with E-state index in [9.17, 15) is 4.79 Å². The smallest absolute Gasteiger partial charge is 0.244 e. The van der Waals surface area contributed by atoms with Crippen LogP contribution in [-0.2, 0) is 16.1 Å². The van der Waals surface area contributed by atoms with Gasteiger partial charge < -0.3 is 10.1 Å². The van der Waals surface area contributed by atoms with Crippen molar-refractivity contribution in [3.63, 3.8) is 0 Å². The first-order valence-electron chi connectivity index (χ1n) is 9.80. The van der Waals surface area contributed by atoms with Gasteiger partial charge in [0.15, 0.2) is 0 Å². The molecule has 5 heteroatoms. The predicted molar refractivity (Wildman–Crippen MR) is 116 cm³/mol. The Kier molecular flexibility index (Phi) is 7.36. The molecule has 1 unspecified atom stereocenters. The maximum atomic E-state index is 12.3. The summed E-state index contributed by atoms with van der Waals surface area (Å²) >= 11 is 0. The van der Waals surface area contributed by atoms with E-state index in [4.69, 9.17) is 9.84 Å². The maximum absolute atomic E-state index is 12.3. The number of aromatic nitrogens is 2. The number of benzene rings is 2. The minimum absolute atomic E-state index is 0.0569. The monoisotopic (exact) mass is 389 g/mol. The van der Waals surface area contributed by atoms with Crippen molar-refractivity contribution in [2.75, 3.05) is 13.7 Å². The number of carbonyl (C=O) groups excluding carboxylic acids is 1. The maximum Gasteiger partial charge on any atom is 0.244 e. The molecule has 2 aromatic carbocycles. The second-order valence-corrected chi connectivity index (χ2v) is 7.01. The van der Waals surface area contributed by atoms with Gasteiger partial charge in [0.05, 0.1) is 12.2 Å². The van der Waals surface area contributed by atoms with Crippen LogP contribution in [0.2, 0.25) is 0 Å². The number of ether oxygens (including phenoxy) is 1. The number of nitrogens with zero attached hydrogens (tertiary/aromatic N) is 2. The summed E-state index contributed by atoms with van der Waals surface area (Å²) in [5.74, 6) is -0.122. The van der Waals surface area contributed by atoms with Gasteiger partial charge in [-0.1, -0.05) is 60.7 Å². The third-order valence-corrected chi connectivity index (χ3v) is 4.58. The highest BCUT2D eigenvalue weighted by Gasteiger charge is 2.10. The minimum atomic E-state index is -0.122. The molecule has 29 heavy (non-hydrogen) atoms. The number of amides is 1. The summed E-state index contributed by atoms with van der Waals surface area (Å²) in [6.45, 7) is 3.27. The summed E-state index contributed by atoms with van der Waals surface area (Å²) in [4.78, 5) is 12.3. The van der Waals surface area contributed by atoms with Crippen LogP contribution in [0.5, 0.6) is 0 Å². The molecule has 0 aliphatic carbocycles. The molecule has 0 bridgehead atoms. The number of nitrogens with one attached hydrogen (secondary N) is 1. The van der Waals surface area contributed by atoms with Gasteiger partial charge in [0.2, 0.25) is 5.91 Å². The van der Waals surface area contributed by atoms with E-state index in [2.05, 4.69) is 17.4 Å². The lowest BCUT2D eigenvalue weighted by atomic mass is 10.1. The molecule has 0 saturated carbocycles. The van der Waals surface area contributed by atoms with E-state index < -0.39 is 0 Å². The lowest BCUT2D eigenvalue weighted by Crippen LogP contribution is -2.31. The zero-order chi connectivity index (χ0) is 20.5. The molecule has 1 aromatic heterocycles. The topological polar surface area (TPSA) is 56.1 Å². The Balaban J connectivity index is 1.79. The van der Waals surface area contributed by atoms with Crippen molar-refractivity contribution in [3.8, 4) is 11.3 Å². The largest absolute Gasteiger partial charge is 0.385 e. The third-order valence-electron chi connectivity index (χ3n) is 4.58. The van der Waals surface area contributed by atoms with Crippen LogP contribution in [0, 0.1) is 0 Å². The Bertz CT molecular complexity index is 933. The standard InChI is InChI=1S/C24H27N3O2/c1-19(15-16-29-2)25-23(28)14-13-22-18-27(17-20-9-5-3-6-10-20)26-24(22)21-11-7-4-8-12-21/h3-14,18-19H,15-17H2,1-2H3,(H,25,28)/b14-13+. The number of hydrogen-bond donors (Lipinski definition) is 1. The van der Waals surface area contributed by atoms with Gasteiger partial charge in [-0.2, -0.15) is 5.10 Å². The van der Waals surface area contributed by atoms with E-state index in [1.54, 1.807) is 13.2 Å². The van der Waals surface area contributed by atoms with Gasteiger partial charge in [-0.3, -0.25) is 9.48 Å². The van der Waals surface area contributed by atoms with Gasteiger partial charge in [0.25, 0.3) is 0 Å². The first-order chi connectivity index (χ1) is 14.2. The van der Waals surface area contributed by atoms with Crippen LogP contribution in [0.25, 0.3) is 17.3 Å². The fourth-order valence-corrected chi connectivity index (χ4v) is 3.05. The Morgan fingerprint density at radius 3 is 2.52 bits per heavy atom. The summed E-state index contributed by atoms with van der Waals surface area (Å²) in [5.41, 5.74) is 3.97. The van der Waals surface area contributed by atoms with Gasteiger partial charge >= 0.3 is 0 Å². The Hall–Kier alpha value is -3.18. The summed E-state index contributed by atoms with van der Waals surface area (Å²) in [7, 11) is 1.66. The van der Waals surface area contributed by atoms with Crippen molar-refractivity contribution >= 4 is 12.0 Å². The summed E-state index contributed by atoms with van der Waals surface area (Å²) in [5, 5.41) is 7.73. The molecule has 0 saturated heterocycles. The molecule has 1 atom stereocenters. The van der Waals surface area contributed by atoms with Crippen LogP contribution in [0.1, 0.15) is 24.5 Å². The molecule has 1 heterocycles. The van der Waals surface area contributed by atoms with Crippen LogP contribution in [-0.4, -0.2) is 35.4 Å². The minimum Gasteiger partial charge on any atom is -0.385 e. The zero-order valence-corrected chi connectivity index (χ0v) is 16.9. The fourth-order valence-electron chi connectivity index (χ4n) is 3.05. The van der Waals surface area contributed by atoms with Crippen LogP contribution >= 0.6 is 0 Å². The molecule has 0 fully saturated rings. The Morgan fingerprint density at radius 2 is 1.83 bits per heavy atom. The van der Waals surface area contributed by atoms with Gasteiger partial charge in [-0.15, -0.1) is 0 Å². The molecule has 3 aromatic rings. The van der Waals surface area contributed by atoms with E-state index in [-0.39, 0.29) is 11.9 Å². The zero-order valence-electron chi connectivity index (χ0n) is 16.9. The van der Waals surface area contributed by atoms with Gasteiger partial charge in [-0.05, 0) is 25.0 Å². The van der Waals surface area contributed by atoms with Crippen LogP contribution in [0.15, 0.2) is 72.9 Å². The molecular weight excluding hydrogens is 362 g/mol. The molecular formula is C24H27N3O2. The Morgan fingerprint density at radius 1 is 1.14 bits per heavy atom. The molecule has 5 nitrogen and oxygen atoms in total. The van der Waals surface area contributed by atoms with Gasteiger partial charge in [0, 0.05) is 43.2 Å². The van der Waals surface area contributed by atoms with Gasteiger partial charge in [0.1, 0.15) is 0 Å². The lowest BCUT2D eigenvalue weighted by molar-refractivity contribution is -0.117. The molecule has 0 aliphatic rings. The molecule has 1 N–H and O–H groups in total. The molecule has 3 rings (SSSR count). The van der Waals surface area contributed by atoms with Crippen LogP contribution < -0.4 is 5.32 Å². The fraction of sp³-hybridized carbons (Fsp3) is 0.250. The highest BCUT2D eigenvalue weighted by atomic mass is 16.5. The normalized spacial score (nSPS) is 12.2. The molecule has 0 radical (unpaired) electrons. The SMILES string of the molecule is COCCC(C)NC(=O)/C=C/c1cn(Cc2ccccc2)nc1-c1ccccc1. The van der Waals surface area contributed by atoms with Crippen LogP contribution in [0.3, 0.4) is 0 Å². The first kappa shape index (κ1) is 20.6. The summed E-state index contributed by atoms with van der Waals surface area (Å²) in [6, 6.07) is 20.3. The number of hydrogen-bond acceptors (Lipinski definition) is 3. The second kappa shape index (κ2) is 10.4. The second-order valence-electron chi connectivity index (χ2n) is 7.01. The van der Waals surface area contributed by atoms with Crippen molar-refractivity contribution < 1.29 is 9.53 Å². The van der Waals surface area contributed by atoms with E-state index in [0.717, 1.165) is 23.2 Å². The Labute approximate surface area is 172 Å². The summed E-state index contributed by atoms with van der Waals surface area (Å²) < 4.78 is 6.97. The highest BCUT2D eigenvalue weighted by molar-refractivity contribution is 5.92. The van der Waals surface area contributed by atoms with E-state index in [0.29, 0.717) is 13.2 Å². The number of carbonyl (C=O) groups is 1. The van der Waals surface area contributed by atoms with Gasteiger partial charge in [-0.25, -0.2) is 0 Å². The summed E-state index contributed by atoms with van der Waals surface area (Å²) in [6.07, 6.45) is 6.16. The van der Waals surface area contributed by atoms with Crippen LogP contribution in [0.4, 0.5) is 0 Å². The van der Waals surface area contributed by atoms with Crippen molar-refractivity contribution in [2.45, 2.75) is 25.9 Å². The van der Waals surface area contributed by atoms with Crippen molar-refractivity contribution in [2.24, 2.45) is 0 Å². The molecule has 1 amide bonds.